The van der Waals surface area contributed by atoms with Gasteiger partial charge in [-0.25, -0.2) is 4.79 Å². The molecule has 8 heteroatoms. The second kappa shape index (κ2) is 9.00. The monoisotopic (exact) mass is 414 g/mol. The molecule has 0 bridgehead atoms. The first-order valence-electron chi connectivity index (χ1n) is 9.04. The van der Waals surface area contributed by atoms with E-state index in [1.165, 1.54) is 23.8 Å². The van der Waals surface area contributed by atoms with Crippen LogP contribution in [0.15, 0.2) is 47.4 Å². The fraction of sp³-hybridized carbons (Fsp3) is 0.286. The van der Waals surface area contributed by atoms with Crippen LogP contribution in [-0.2, 0) is 14.3 Å². The van der Waals surface area contributed by atoms with Gasteiger partial charge in [-0.2, -0.15) is 0 Å². The Bertz CT molecular complexity index is 946. The molecule has 1 heterocycles. The van der Waals surface area contributed by atoms with E-state index in [1.54, 1.807) is 49.4 Å². The van der Waals surface area contributed by atoms with E-state index in [2.05, 4.69) is 5.32 Å². The smallest absolute Gasteiger partial charge is 0.342 e. The number of nitrogens with zero attached hydrogens (tertiary/aromatic N) is 1. The highest BCUT2D eigenvalue weighted by Crippen LogP contribution is 2.31. The van der Waals surface area contributed by atoms with E-state index in [1.807, 2.05) is 6.26 Å². The number of hydrogen-bond donors (Lipinski definition) is 1. The number of esters is 1. The van der Waals surface area contributed by atoms with Gasteiger partial charge in [0.15, 0.2) is 6.61 Å². The third kappa shape index (κ3) is 4.54. The van der Waals surface area contributed by atoms with Crippen molar-refractivity contribution in [1.82, 2.24) is 0 Å². The summed E-state index contributed by atoms with van der Waals surface area (Å²) in [6.45, 7) is 1.34. The Kier molecular flexibility index (Phi) is 6.43. The molecule has 7 nitrogen and oxygen atoms in total. The van der Waals surface area contributed by atoms with Gasteiger partial charge in [-0.1, -0.05) is 12.1 Å². The Morgan fingerprint density at radius 3 is 2.72 bits per heavy atom. The van der Waals surface area contributed by atoms with Gasteiger partial charge in [0.1, 0.15) is 11.3 Å². The molecule has 0 saturated carbocycles. The lowest BCUT2D eigenvalue weighted by Gasteiger charge is -2.27. The first-order chi connectivity index (χ1) is 13.9. The van der Waals surface area contributed by atoms with Crippen molar-refractivity contribution >= 4 is 40.9 Å². The number of carbonyl (C=O) groups excluding carboxylic acids is 3. The largest absolute Gasteiger partial charge is 0.496 e. The van der Waals surface area contributed by atoms with Crippen molar-refractivity contribution in [1.29, 1.82) is 0 Å². The molecule has 2 aromatic rings. The molecule has 0 aliphatic carbocycles. The zero-order chi connectivity index (χ0) is 21.0. The Hall–Kier alpha value is -3.00. The molecule has 0 spiro atoms. The second-order valence-electron chi connectivity index (χ2n) is 6.52. The SMILES string of the molecule is COc1cc(SC)ccc1C(=O)OCC(=O)N1c2ccccc2NC(=O)C[C@H]1C. The van der Waals surface area contributed by atoms with Gasteiger partial charge in [0.25, 0.3) is 5.91 Å². The lowest BCUT2D eigenvalue weighted by Crippen LogP contribution is -2.41. The number of rotatable bonds is 5. The van der Waals surface area contributed by atoms with Gasteiger partial charge < -0.3 is 19.7 Å². The van der Waals surface area contributed by atoms with Crippen LogP contribution in [0, 0.1) is 0 Å². The molecule has 2 aromatic carbocycles. The molecule has 0 saturated heterocycles. The Labute approximate surface area is 173 Å². The van der Waals surface area contributed by atoms with Gasteiger partial charge in [-0.15, -0.1) is 11.8 Å². The second-order valence-corrected chi connectivity index (χ2v) is 7.40. The number of amides is 2. The number of nitrogens with one attached hydrogen (secondary N) is 1. The summed E-state index contributed by atoms with van der Waals surface area (Å²) in [5.74, 6) is -0.837. The van der Waals surface area contributed by atoms with Crippen molar-refractivity contribution in [3.63, 3.8) is 0 Å². The summed E-state index contributed by atoms with van der Waals surface area (Å²) < 4.78 is 10.5. The molecule has 2 amide bonds. The van der Waals surface area contributed by atoms with E-state index in [0.717, 1.165) is 4.90 Å². The summed E-state index contributed by atoms with van der Waals surface area (Å²) in [7, 11) is 1.47. The van der Waals surface area contributed by atoms with Crippen LogP contribution >= 0.6 is 11.8 Å². The molecular weight excluding hydrogens is 392 g/mol. The summed E-state index contributed by atoms with van der Waals surface area (Å²) in [6.07, 6.45) is 2.07. The van der Waals surface area contributed by atoms with Gasteiger partial charge in [0.05, 0.1) is 18.5 Å². The van der Waals surface area contributed by atoms with Gasteiger partial charge in [-0.05, 0) is 43.5 Å². The lowest BCUT2D eigenvalue weighted by molar-refractivity contribution is -0.122. The van der Waals surface area contributed by atoms with Crippen LogP contribution in [0.2, 0.25) is 0 Å². The minimum atomic E-state index is -0.646. The summed E-state index contributed by atoms with van der Waals surface area (Å²) in [6, 6.07) is 11.8. The van der Waals surface area contributed by atoms with E-state index in [4.69, 9.17) is 9.47 Å². The van der Waals surface area contributed by atoms with Crippen molar-refractivity contribution in [2.24, 2.45) is 0 Å². The third-order valence-electron chi connectivity index (χ3n) is 4.58. The highest BCUT2D eigenvalue weighted by atomic mass is 32.2. The minimum absolute atomic E-state index is 0.151. The molecule has 152 valence electrons. The number of para-hydroxylation sites is 2. The molecule has 1 N–H and O–H groups in total. The summed E-state index contributed by atoms with van der Waals surface area (Å²) in [5, 5.41) is 2.80. The zero-order valence-corrected chi connectivity index (χ0v) is 17.2. The molecule has 1 aliphatic heterocycles. The average molecular weight is 414 g/mol. The number of fused-ring (bicyclic) bond motifs is 1. The topological polar surface area (TPSA) is 84.9 Å². The van der Waals surface area contributed by atoms with Crippen LogP contribution in [0.5, 0.6) is 5.75 Å². The Morgan fingerprint density at radius 2 is 2.00 bits per heavy atom. The van der Waals surface area contributed by atoms with Gasteiger partial charge in [-0.3, -0.25) is 9.59 Å². The van der Waals surface area contributed by atoms with Crippen LogP contribution < -0.4 is 15.0 Å². The van der Waals surface area contributed by atoms with Gasteiger partial charge in [0, 0.05) is 17.4 Å². The molecule has 0 radical (unpaired) electrons. The van der Waals surface area contributed by atoms with E-state index >= 15 is 0 Å². The molecule has 1 atom stereocenters. The fourth-order valence-electron chi connectivity index (χ4n) is 3.21. The van der Waals surface area contributed by atoms with Crippen LogP contribution in [0.3, 0.4) is 0 Å². The van der Waals surface area contributed by atoms with E-state index in [0.29, 0.717) is 17.1 Å². The van der Waals surface area contributed by atoms with Crippen LogP contribution in [-0.4, -0.2) is 43.8 Å². The summed E-state index contributed by atoms with van der Waals surface area (Å²) in [5.41, 5.74) is 1.38. The third-order valence-corrected chi connectivity index (χ3v) is 5.31. The molecule has 29 heavy (non-hydrogen) atoms. The first kappa shape index (κ1) is 20.7. The van der Waals surface area contributed by atoms with Crippen LogP contribution in [0.1, 0.15) is 23.7 Å². The van der Waals surface area contributed by atoms with Crippen molar-refractivity contribution in [3.05, 3.63) is 48.0 Å². The van der Waals surface area contributed by atoms with Crippen LogP contribution in [0.4, 0.5) is 11.4 Å². The maximum atomic E-state index is 12.9. The van der Waals surface area contributed by atoms with E-state index < -0.39 is 18.5 Å². The van der Waals surface area contributed by atoms with Gasteiger partial charge >= 0.3 is 5.97 Å². The predicted octanol–water partition coefficient (Wildman–Crippen LogP) is 3.34. The molecule has 0 unspecified atom stereocenters. The maximum Gasteiger partial charge on any atom is 0.342 e. The molecule has 3 rings (SSSR count). The number of ether oxygens (including phenoxy) is 2. The highest BCUT2D eigenvalue weighted by molar-refractivity contribution is 7.98. The Balaban J connectivity index is 1.77. The Morgan fingerprint density at radius 1 is 1.24 bits per heavy atom. The average Bonchev–Trinajstić information content (AvgIpc) is 2.85. The summed E-state index contributed by atoms with van der Waals surface area (Å²) >= 11 is 1.53. The number of carbonyl (C=O) groups is 3. The number of thioether (sulfide) groups is 1. The highest BCUT2D eigenvalue weighted by Gasteiger charge is 2.30. The van der Waals surface area contributed by atoms with Crippen molar-refractivity contribution < 1.29 is 23.9 Å². The number of anilines is 2. The minimum Gasteiger partial charge on any atom is -0.496 e. The van der Waals surface area contributed by atoms with Crippen molar-refractivity contribution in [3.8, 4) is 5.75 Å². The quantitative estimate of drug-likeness (QED) is 0.597. The number of methoxy groups -OCH3 is 1. The fourth-order valence-corrected chi connectivity index (χ4v) is 3.64. The lowest BCUT2D eigenvalue weighted by atomic mass is 10.1. The number of hydrogen-bond acceptors (Lipinski definition) is 6. The van der Waals surface area contributed by atoms with Crippen molar-refractivity contribution in [2.75, 3.05) is 30.2 Å². The predicted molar refractivity (Wildman–Crippen MR) is 112 cm³/mol. The van der Waals surface area contributed by atoms with Crippen LogP contribution in [0.25, 0.3) is 0 Å². The van der Waals surface area contributed by atoms with Crippen molar-refractivity contribution in [2.45, 2.75) is 24.3 Å². The molecule has 0 aromatic heterocycles. The summed E-state index contributed by atoms with van der Waals surface area (Å²) in [4.78, 5) is 39.9. The normalized spacial score (nSPS) is 15.8. The number of benzene rings is 2. The molecule has 1 aliphatic rings. The first-order valence-corrected chi connectivity index (χ1v) is 10.3. The molecular formula is C21H22N2O5S. The zero-order valence-electron chi connectivity index (χ0n) is 16.4. The van der Waals surface area contributed by atoms with E-state index in [9.17, 15) is 14.4 Å². The van der Waals surface area contributed by atoms with E-state index in [-0.39, 0.29) is 23.9 Å². The maximum absolute atomic E-state index is 12.9. The molecule has 0 fully saturated rings. The standard InChI is InChI=1S/C21H22N2O5S/c1-13-10-19(24)22-16-6-4-5-7-17(16)23(13)20(25)12-28-21(26)15-9-8-14(29-3)11-18(15)27-2/h4-9,11,13H,10,12H2,1-3H3,(H,22,24)/t13-/m1/s1. The van der Waals surface area contributed by atoms with Gasteiger partial charge in [0.2, 0.25) is 5.91 Å².